The molecular weight excluding hydrogens is 475 g/mol. The molecule has 2 heterocycles. The summed E-state index contributed by atoms with van der Waals surface area (Å²) in [5.74, 6) is -0.348. The van der Waals surface area contributed by atoms with Crippen molar-refractivity contribution in [1.82, 2.24) is 15.6 Å². The van der Waals surface area contributed by atoms with Crippen LogP contribution in [0.3, 0.4) is 0 Å². The highest BCUT2D eigenvalue weighted by Gasteiger charge is 2.27. The maximum atomic E-state index is 14.0. The molecule has 0 spiro atoms. The van der Waals surface area contributed by atoms with Crippen LogP contribution in [0.15, 0.2) is 41.7 Å². The van der Waals surface area contributed by atoms with Crippen molar-refractivity contribution in [3.8, 4) is 0 Å². The van der Waals surface area contributed by atoms with E-state index in [9.17, 15) is 8.78 Å². The largest absolute Gasteiger partial charge is 0.365 e. The second-order valence-electron chi connectivity index (χ2n) is 6.70. The summed E-state index contributed by atoms with van der Waals surface area (Å²) in [5.41, 5.74) is 2.47. The average molecular weight is 501 g/mol. The molecule has 152 valence electrons. The van der Waals surface area contributed by atoms with Crippen LogP contribution in [0.1, 0.15) is 17.5 Å². The second-order valence-corrected chi connectivity index (χ2v) is 6.70. The summed E-state index contributed by atoms with van der Waals surface area (Å²) in [7, 11) is 1.72. The molecule has 1 unspecified atom stereocenters. The van der Waals surface area contributed by atoms with Crippen molar-refractivity contribution in [2.75, 3.05) is 31.6 Å². The molecule has 5 nitrogen and oxygen atoms in total. The van der Waals surface area contributed by atoms with Gasteiger partial charge in [0.25, 0.3) is 0 Å². The van der Waals surface area contributed by atoms with Crippen LogP contribution in [-0.4, -0.2) is 43.7 Å². The van der Waals surface area contributed by atoms with Crippen LogP contribution in [0, 0.1) is 18.6 Å². The fraction of sp³-hybridized carbons (Fsp3) is 0.400. The molecule has 2 N–H and O–H groups in total. The number of para-hydroxylation sites is 1. The van der Waals surface area contributed by atoms with E-state index >= 15 is 0 Å². The molecule has 28 heavy (non-hydrogen) atoms. The zero-order valence-corrected chi connectivity index (χ0v) is 18.4. The van der Waals surface area contributed by atoms with Gasteiger partial charge in [-0.2, -0.15) is 0 Å². The van der Waals surface area contributed by atoms with E-state index < -0.39 is 11.6 Å². The lowest BCUT2D eigenvalue weighted by atomic mass is 10.1. The molecule has 2 aromatic rings. The summed E-state index contributed by atoms with van der Waals surface area (Å²) in [5, 5.41) is 6.65. The molecule has 1 saturated heterocycles. The Morgan fingerprint density at radius 1 is 1.29 bits per heavy atom. The van der Waals surface area contributed by atoms with Gasteiger partial charge in [0.05, 0.1) is 0 Å². The summed E-state index contributed by atoms with van der Waals surface area (Å²) in [6, 6.07) is 6.07. The summed E-state index contributed by atoms with van der Waals surface area (Å²) in [6.07, 6.45) is 5.31. The van der Waals surface area contributed by atoms with Crippen molar-refractivity contribution < 1.29 is 8.78 Å². The van der Waals surface area contributed by atoms with Gasteiger partial charge in [0.15, 0.2) is 5.96 Å². The van der Waals surface area contributed by atoms with E-state index in [1.54, 1.807) is 18.1 Å². The zero-order chi connectivity index (χ0) is 19.2. The van der Waals surface area contributed by atoms with Crippen LogP contribution in [0.25, 0.3) is 0 Å². The van der Waals surface area contributed by atoms with E-state index in [2.05, 4.69) is 20.6 Å². The predicted molar refractivity (Wildman–Crippen MR) is 120 cm³/mol. The van der Waals surface area contributed by atoms with E-state index in [1.165, 1.54) is 29.3 Å². The first-order valence-electron chi connectivity index (χ1n) is 9.14. The van der Waals surface area contributed by atoms with Crippen LogP contribution in [-0.2, 0) is 6.42 Å². The van der Waals surface area contributed by atoms with E-state index in [-0.39, 0.29) is 35.7 Å². The summed E-state index contributed by atoms with van der Waals surface area (Å²) in [6.45, 7) is 3.91. The van der Waals surface area contributed by atoms with Gasteiger partial charge in [-0.05, 0) is 49.1 Å². The number of anilines is 1. The summed E-state index contributed by atoms with van der Waals surface area (Å²) in [4.78, 5) is 10.1. The number of benzene rings is 1. The smallest absolute Gasteiger partial charge is 0.191 e. The standard InChI is InChI=1S/C20H25F2N5.HI/c1-14-12-24-9-6-15(14)7-10-25-20(23-2)26-16-8-11-27(13-16)19-17(21)4-3-5-18(19)22;/h3-6,9,12,16H,7-8,10-11,13H2,1-2H3,(H2,23,25,26);1H. The fourth-order valence-corrected chi connectivity index (χ4v) is 3.36. The van der Waals surface area contributed by atoms with E-state index in [4.69, 9.17) is 0 Å². The van der Waals surface area contributed by atoms with Crippen LogP contribution < -0.4 is 15.5 Å². The number of aryl methyl sites for hydroxylation is 1. The number of guanidine groups is 1. The van der Waals surface area contributed by atoms with Gasteiger partial charge in [0.2, 0.25) is 0 Å². The third-order valence-corrected chi connectivity index (χ3v) is 4.83. The number of rotatable bonds is 5. The Hall–Kier alpha value is -1.97. The van der Waals surface area contributed by atoms with Crippen LogP contribution in [0.2, 0.25) is 0 Å². The van der Waals surface area contributed by atoms with Gasteiger partial charge >= 0.3 is 0 Å². The van der Waals surface area contributed by atoms with Gasteiger partial charge in [-0.1, -0.05) is 6.07 Å². The van der Waals surface area contributed by atoms with Gasteiger partial charge in [-0.25, -0.2) is 8.78 Å². The Morgan fingerprint density at radius 3 is 2.71 bits per heavy atom. The molecule has 1 aliphatic heterocycles. The van der Waals surface area contributed by atoms with Gasteiger partial charge in [0.1, 0.15) is 17.3 Å². The van der Waals surface area contributed by atoms with Crippen molar-refractivity contribution in [3.05, 3.63) is 59.4 Å². The molecule has 1 aromatic carbocycles. The van der Waals surface area contributed by atoms with Crippen molar-refractivity contribution in [2.45, 2.75) is 25.8 Å². The highest BCUT2D eigenvalue weighted by molar-refractivity contribution is 14.0. The number of nitrogens with one attached hydrogen (secondary N) is 2. The van der Waals surface area contributed by atoms with E-state index in [1.807, 2.05) is 19.2 Å². The predicted octanol–water partition coefficient (Wildman–Crippen LogP) is 3.27. The third-order valence-electron chi connectivity index (χ3n) is 4.83. The van der Waals surface area contributed by atoms with Gasteiger partial charge in [0, 0.05) is 45.1 Å². The summed E-state index contributed by atoms with van der Waals surface area (Å²) < 4.78 is 28.0. The molecule has 0 saturated carbocycles. The number of pyridine rings is 1. The summed E-state index contributed by atoms with van der Waals surface area (Å²) >= 11 is 0. The number of nitrogens with zero attached hydrogens (tertiary/aromatic N) is 3. The second kappa shape index (κ2) is 10.5. The van der Waals surface area contributed by atoms with Gasteiger partial charge < -0.3 is 15.5 Å². The van der Waals surface area contributed by atoms with Crippen LogP contribution >= 0.6 is 24.0 Å². The number of aliphatic imine (C=N–C) groups is 1. The molecule has 0 radical (unpaired) electrons. The first-order chi connectivity index (χ1) is 13.1. The Morgan fingerprint density at radius 2 is 2.04 bits per heavy atom. The van der Waals surface area contributed by atoms with Gasteiger partial charge in [-0.15, -0.1) is 24.0 Å². The number of aromatic nitrogens is 1. The fourth-order valence-electron chi connectivity index (χ4n) is 3.36. The number of halogens is 3. The Balaban J connectivity index is 0.00000280. The maximum absolute atomic E-state index is 14.0. The van der Waals surface area contributed by atoms with E-state index in [0.717, 1.165) is 19.4 Å². The normalized spacial score (nSPS) is 16.6. The SMILES string of the molecule is CN=C(NCCc1ccncc1C)NC1CCN(c2c(F)cccc2F)C1.I. The van der Waals surface area contributed by atoms with E-state index in [0.29, 0.717) is 19.0 Å². The lowest BCUT2D eigenvalue weighted by Crippen LogP contribution is -2.45. The molecule has 1 fully saturated rings. The molecule has 3 rings (SSSR count). The van der Waals surface area contributed by atoms with Crippen LogP contribution in [0.5, 0.6) is 0 Å². The lowest BCUT2D eigenvalue weighted by Gasteiger charge is -2.21. The van der Waals surface area contributed by atoms with Crippen molar-refractivity contribution in [3.63, 3.8) is 0 Å². The molecule has 0 amide bonds. The minimum atomic E-state index is -0.522. The molecule has 0 aliphatic carbocycles. The van der Waals surface area contributed by atoms with Crippen molar-refractivity contribution in [2.24, 2.45) is 4.99 Å². The Kier molecular flexibility index (Phi) is 8.40. The lowest BCUT2D eigenvalue weighted by molar-refractivity contribution is 0.576. The monoisotopic (exact) mass is 501 g/mol. The minimum Gasteiger partial charge on any atom is -0.365 e. The molecule has 1 atom stereocenters. The Labute approximate surface area is 181 Å². The van der Waals surface area contributed by atoms with Crippen LogP contribution in [0.4, 0.5) is 14.5 Å². The highest BCUT2D eigenvalue weighted by atomic mass is 127. The molecule has 1 aliphatic rings. The maximum Gasteiger partial charge on any atom is 0.191 e. The molecule has 1 aromatic heterocycles. The number of hydrogen-bond acceptors (Lipinski definition) is 3. The topological polar surface area (TPSA) is 52.6 Å². The van der Waals surface area contributed by atoms with Crippen molar-refractivity contribution >= 4 is 35.6 Å². The Bertz CT molecular complexity index is 795. The van der Waals surface area contributed by atoms with Gasteiger partial charge in [-0.3, -0.25) is 9.98 Å². The quantitative estimate of drug-likeness (QED) is 0.375. The minimum absolute atomic E-state index is 0. The molecule has 8 heteroatoms. The first-order valence-corrected chi connectivity index (χ1v) is 9.14. The zero-order valence-electron chi connectivity index (χ0n) is 16.1. The average Bonchev–Trinajstić information content (AvgIpc) is 3.10. The number of hydrogen-bond donors (Lipinski definition) is 2. The third kappa shape index (κ3) is 5.52. The highest BCUT2D eigenvalue weighted by Crippen LogP contribution is 2.26. The molecule has 0 bridgehead atoms. The molecular formula is C20H26F2IN5. The van der Waals surface area contributed by atoms with Crippen molar-refractivity contribution in [1.29, 1.82) is 0 Å². The first kappa shape index (κ1) is 22.3.